The molecule has 0 aliphatic heterocycles. The Hall–Kier alpha value is -0.810. The zero-order valence-corrected chi connectivity index (χ0v) is 10.6. The van der Waals surface area contributed by atoms with Gasteiger partial charge in [-0.15, -0.1) is 11.6 Å². The summed E-state index contributed by atoms with van der Waals surface area (Å²) in [5.74, 6) is -0.154. The average molecular weight is 263 g/mol. The molecule has 0 radical (unpaired) electrons. The minimum Gasteiger partial charge on any atom is -0.376 e. The van der Waals surface area contributed by atoms with Crippen molar-refractivity contribution in [1.29, 1.82) is 0 Å². The number of carbonyl (C=O) groups is 2. The molecule has 1 aliphatic rings. The fourth-order valence-electron chi connectivity index (χ4n) is 1.76. The number of carbonyl (C=O) groups excluding carboxylic acids is 2. The van der Waals surface area contributed by atoms with Gasteiger partial charge >= 0.3 is 6.03 Å². The highest BCUT2D eigenvalue weighted by molar-refractivity contribution is 6.19. The third kappa shape index (κ3) is 6.48. The normalized spacial score (nSPS) is 15.8. The van der Waals surface area contributed by atoms with Crippen LogP contribution in [-0.4, -0.2) is 37.1 Å². The van der Waals surface area contributed by atoms with Crippen LogP contribution in [0.5, 0.6) is 0 Å². The number of imide groups is 1. The van der Waals surface area contributed by atoms with Gasteiger partial charge in [0.05, 0.1) is 12.7 Å². The number of urea groups is 1. The van der Waals surface area contributed by atoms with E-state index >= 15 is 0 Å². The van der Waals surface area contributed by atoms with Crippen molar-refractivity contribution in [2.24, 2.45) is 0 Å². The van der Waals surface area contributed by atoms with Gasteiger partial charge in [-0.2, -0.15) is 0 Å². The zero-order chi connectivity index (χ0) is 12.5. The van der Waals surface area contributed by atoms with Gasteiger partial charge in [0.1, 0.15) is 0 Å². The van der Waals surface area contributed by atoms with Crippen molar-refractivity contribution in [1.82, 2.24) is 10.6 Å². The fourth-order valence-corrected chi connectivity index (χ4v) is 1.94. The standard InChI is InChI=1S/C11H19ClN2O3/c12-6-5-10(15)14-11(16)13-7-8-17-9-3-1-2-4-9/h9H,1-8H2,(H2,13,14,15,16). The van der Waals surface area contributed by atoms with E-state index in [9.17, 15) is 9.59 Å². The minimum atomic E-state index is -0.491. The lowest BCUT2D eigenvalue weighted by Crippen LogP contribution is -2.41. The molecule has 1 aliphatic carbocycles. The van der Waals surface area contributed by atoms with Gasteiger partial charge in [-0.25, -0.2) is 4.79 Å². The summed E-state index contributed by atoms with van der Waals surface area (Å²) >= 11 is 5.37. The molecular formula is C11H19ClN2O3. The van der Waals surface area contributed by atoms with Crippen LogP contribution < -0.4 is 10.6 Å². The minimum absolute atomic E-state index is 0.146. The van der Waals surface area contributed by atoms with E-state index < -0.39 is 6.03 Å². The van der Waals surface area contributed by atoms with Gasteiger partial charge in [-0.05, 0) is 12.8 Å². The molecule has 0 aromatic rings. The second-order valence-electron chi connectivity index (χ2n) is 4.02. The van der Waals surface area contributed by atoms with Crippen molar-refractivity contribution in [3.05, 3.63) is 0 Å². The van der Waals surface area contributed by atoms with Crippen LogP contribution in [-0.2, 0) is 9.53 Å². The first-order valence-electron chi connectivity index (χ1n) is 5.97. The number of ether oxygens (including phenoxy) is 1. The maximum atomic E-state index is 11.2. The summed E-state index contributed by atoms with van der Waals surface area (Å²) in [5, 5.41) is 4.74. The first-order valence-corrected chi connectivity index (χ1v) is 6.51. The fraction of sp³-hybridized carbons (Fsp3) is 0.818. The molecule has 5 nitrogen and oxygen atoms in total. The van der Waals surface area contributed by atoms with Crippen molar-refractivity contribution in [2.45, 2.75) is 38.2 Å². The molecule has 0 spiro atoms. The third-order valence-electron chi connectivity index (χ3n) is 2.62. The van der Waals surface area contributed by atoms with E-state index in [-0.39, 0.29) is 18.2 Å². The summed E-state index contributed by atoms with van der Waals surface area (Å²) in [6.07, 6.45) is 5.17. The maximum Gasteiger partial charge on any atom is 0.321 e. The SMILES string of the molecule is O=C(CCCl)NC(=O)NCCOC1CCCC1. The lowest BCUT2D eigenvalue weighted by atomic mass is 10.3. The number of hydrogen-bond donors (Lipinski definition) is 2. The molecule has 17 heavy (non-hydrogen) atoms. The Labute approximate surface area is 106 Å². The van der Waals surface area contributed by atoms with Gasteiger partial charge in [0.2, 0.25) is 5.91 Å². The number of nitrogens with one attached hydrogen (secondary N) is 2. The van der Waals surface area contributed by atoms with Gasteiger partial charge in [-0.3, -0.25) is 10.1 Å². The summed E-state index contributed by atoms with van der Waals surface area (Å²) in [7, 11) is 0. The first kappa shape index (κ1) is 14.3. The highest BCUT2D eigenvalue weighted by atomic mass is 35.5. The molecule has 3 amide bonds. The molecule has 6 heteroatoms. The quantitative estimate of drug-likeness (QED) is 0.562. The van der Waals surface area contributed by atoms with Gasteiger partial charge < -0.3 is 10.1 Å². The van der Waals surface area contributed by atoms with E-state index in [4.69, 9.17) is 16.3 Å². The molecule has 98 valence electrons. The van der Waals surface area contributed by atoms with E-state index in [1.807, 2.05) is 0 Å². The summed E-state index contributed by atoms with van der Waals surface area (Å²) in [5.41, 5.74) is 0. The molecule has 0 aromatic heterocycles. The van der Waals surface area contributed by atoms with Crippen LogP contribution in [0.25, 0.3) is 0 Å². The van der Waals surface area contributed by atoms with E-state index in [0.29, 0.717) is 19.3 Å². The highest BCUT2D eigenvalue weighted by Gasteiger charge is 2.14. The van der Waals surface area contributed by atoms with Gasteiger partial charge in [0, 0.05) is 18.8 Å². The summed E-state index contributed by atoms with van der Waals surface area (Å²) < 4.78 is 5.56. The maximum absolute atomic E-state index is 11.2. The number of rotatable bonds is 6. The van der Waals surface area contributed by atoms with Crippen LogP contribution in [0.1, 0.15) is 32.1 Å². The first-order chi connectivity index (χ1) is 8.22. The van der Waals surface area contributed by atoms with Crippen molar-refractivity contribution in [2.75, 3.05) is 19.0 Å². The molecule has 0 bridgehead atoms. The Morgan fingerprint density at radius 1 is 1.29 bits per heavy atom. The monoisotopic (exact) mass is 262 g/mol. The lowest BCUT2D eigenvalue weighted by molar-refractivity contribution is -0.119. The Morgan fingerprint density at radius 2 is 2.00 bits per heavy atom. The highest BCUT2D eigenvalue weighted by Crippen LogP contribution is 2.20. The van der Waals surface area contributed by atoms with Gasteiger partial charge in [0.25, 0.3) is 0 Å². The van der Waals surface area contributed by atoms with Crippen LogP contribution in [0.3, 0.4) is 0 Å². The number of amides is 3. The number of alkyl halides is 1. The van der Waals surface area contributed by atoms with E-state index in [0.717, 1.165) is 12.8 Å². The Balaban J connectivity index is 1.97. The molecule has 1 fully saturated rings. The van der Waals surface area contributed by atoms with Crippen LogP contribution >= 0.6 is 11.6 Å². The molecule has 0 heterocycles. The molecule has 1 rings (SSSR count). The van der Waals surface area contributed by atoms with Crippen LogP contribution in [0, 0.1) is 0 Å². The number of halogens is 1. The summed E-state index contributed by atoms with van der Waals surface area (Å²) in [6.45, 7) is 0.901. The van der Waals surface area contributed by atoms with Crippen molar-refractivity contribution in [3.63, 3.8) is 0 Å². The van der Waals surface area contributed by atoms with Crippen molar-refractivity contribution >= 4 is 23.5 Å². The lowest BCUT2D eigenvalue weighted by Gasteiger charge is -2.11. The number of hydrogen-bond acceptors (Lipinski definition) is 3. The smallest absolute Gasteiger partial charge is 0.321 e. The molecule has 1 saturated carbocycles. The second kappa shape index (κ2) is 8.31. The molecule has 0 aromatic carbocycles. The van der Waals surface area contributed by atoms with Gasteiger partial charge in [-0.1, -0.05) is 12.8 Å². The predicted molar refractivity (Wildman–Crippen MR) is 65.1 cm³/mol. The molecule has 0 unspecified atom stereocenters. The Kier molecular flexibility index (Phi) is 6.96. The molecule has 2 N–H and O–H groups in total. The Morgan fingerprint density at radius 3 is 2.65 bits per heavy atom. The van der Waals surface area contributed by atoms with Crippen molar-refractivity contribution in [3.8, 4) is 0 Å². The van der Waals surface area contributed by atoms with Crippen LogP contribution in [0.2, 0.25) is 0 Å². The second-order valence-corrected chi connectivity index (χ2v) is 4.40. The largest absolute Gasteiger partial charge is 0.376 e. The van der Waals surface area contributed by atoms with E-state index in [1.165, 1.54) is 12.8 Å². The molecule has 0 saturated heterocycles. The van der Waals surface area contributed by atoms with Crippen LogP contribution in [0.4, 0.5) is 4.79 Å². The summed E-state index contributed by atoms with van der Waals surface area (Å²) in [6, 6.07) is -0.491. The third-order valence-corrected chi connectivity index (χ3v) is 2.81. The average Bonchev–Trinajstić information content (AvgIpc) is 2.77. The van der Waals surface area contributed by atoms with Gasteiger partial charge in [0.15, 0.2) is 0 Å². The molecular weight excluding hydrogens is 244 g/mol. The van der Waals surface area contributed by atoms with E-state index in [2.05, 4.69) is 10.6 Å². The Bertz CT molecular complexity index is 255. The predicted octanol–water partition coefficient (Wildman–Crippen LogP) is 1.40. The van der Waals surface area contributed by atoms with Crippen LogP contribution in [0.15, 0.2) is 0 Å². The topological polar surface area (TPSA) is 67.4 Å². The van der Waals surface area contributed by atoms with Crippen molar-refractivity contribution < 1.29 is 14.3 Å². The molecule has 0 atom stereocenters. The zero-order valence-electron chi connectivity index (χ0n) is 9.84. The van der Waals surface area contributed by atoms with E-state index in [1.54, 1.807) is 0 Å². The summed E-state index contributed by atoms with van der Waals surface area (Å²) in [4.78, 5) is 22.2.